The zero-order chi connectivity index (χ0) is 16.9. The van der Waals surface area contributed by atoms with E-state index in [0.29, 0.717) is 23.7 Å². The zero-order valence-electron chi connectivity index (χ0n) is 13.6. The molecule has 0 amide bonds. The van der Waals surface area contributed by atoms with Crippen molar-refractivity contribution in [1.82, 2.24) is 0 Å². The smallest absolute Gasteiger partial charge is 0.343 e. The molecule has 122 valence electrons. The van der Waals surface area contributed by atoms with Crippen LogP contribution in [-0.4, -0.2) is 19.7 Å². The molecule has 4 heteroatoms. The normalized spacial score (nSPS) is 15.2. The van der Waals surface area contributed by atoms with Crippen LogP contribution in [0.3, 0.4) is 0 Å². The summed E-state index contributed by atoms with van der Waals surface area (Å²) in [6.07, 6.45) is 3.51. The third-order valence-electron chi connectivity index (χ3n) is 3.62. The minimum atomic E-state index is -0.371. The summed E-state index contributed by atoms with van der Waals surface area (Å²) in [7, 11) is 1.60. The van der Waals surface area contributed by atoms with Gasteiger partial charge in [-0.3, -0.25) is 0 Å². The highest BCUT2D eigenvalue weighted by Gasteiger charge is 2.22. The van der Waals surface area contributed by atoms with E-state index >= 15 is 0 Å². The first-order chi connectivity index (χ1) is 11.7. The average molecular weight is 322 g/mol. The Morgan fingerprint density at radius 3 is 2.54 bits per heavy atom. The van der Waals surface area contributed by atoms with Gasteiger partial charge in [0.25, 0.3) is 0 Å². The van der Waals surface area contributed by atoms with Gasteiger partial charge in [-0.15, -0.1) is 0 Å². The van der Waals surface area contributed by atoms with Crippen molar-refractivity contribution < 1.29 is 19.0 Å². The van der Waals surface area contributed by atoms with Crippen molar-refractivity contribution in [1.29, 1.82) is 0 Å². The van der Waals surface area contributed by atoms with Crippen molar-refractivity contribution in [2.24, 2.45) is 0 Å². The third-order valence-corrected chi connectivity index (χ3v) is 3.62. The van der Waals surface area contributed by atoms with Crippen molar-refractivity contribution >= 4 is 17.8 Å². The molecule has 2 aromatic carbocycles. The highest BCUT2D eigenvalue weighted by Crippen LogP contribution is 2.30. The van der Waals surface area contributed by atoms with E-state index in [4.69, 9.17) is 14.2 Å². The number of ether oxygens (including phenoxy) is 3. The summed E-state index contributed by atoms with van der Waals surface area (Å²) >= 11 is 0. The molecule has 2 aromatic rings. The molecule has 0 bridgehead atoms. The molecule has 24 heavy (non-hydrogen) atoms. The Bertz CT molecular complexity index is 801. The number of cyclic esters (lactones) is 1. The Morgan fingerprint density at radius 1 is 1.08 bits per heavy atom. The number of para-hydroxylation sites is 1. The topological polar surface area (TPSA) is 44.8 Å². The minimum Gasteiger partial charge on any atom is -0.496 e. The second-order valence-electron chi connectivity index (χ2n) is 5.20. The Labute approximate surface area is 141 Å². The van der Waals surface area contributed by atoms with E-state index in [9.17, 15) is 4.79 Å². The molecule has 4 nitrogen and oxygen atoms in total. The van der Waals surface area contributed by atoms with Gasteiger partial charge >= 0.3 is 5.97 Å². The fourth-order valence-electron chi connectivity index (χ4n) is 2.47. The first-order valence-corrected chi connectivity index (χ1v) is 7.73. The van der Waals surface area contributed by atoms with Crippen LogP contribution in [0.25, 0.3) is 11.8 Å². The van der Waals surface area contributed by atoms with Crippen molar-refractivity contribution in [2.45, 2.75) is 6.92 Å². The molecular weight excluding hydrogens is 304 g/mol. The molecule has 1 heterocycles. The highest BCUT2D eigenvalue weighted by atomic mass is 16.5. The molecule has 3 rings (SSSR count). The molecule has 0 atom stereocenters. The van der Waals surface area contributed by atoms with Crippen LogP contribution in [-0.2, 0) is 9.53 Å². The monoisotopic (exact) mass is 322 g/mol. The molecule has 0 saturated heterocycles. The lowest BCUT2D eigenvalue weighted by Crippen LogP contribution is -1.97. The molecule has 0 N–H and O–H groups in total. The van der Waals surface area contributed by atoms with Gasteiger partial charge in [-0.25, -0.2) is 4.79 Å². The Morgan fingerprint density at radius 2 is 1.83 bits per heavy atom. The van der Waals surface area contributed by atoms with Crippen LogP contribution in [0.15, 0.2) is 60.2 Å². The van der Waals surface area contributed by atoms with Gasteiger partial charge in [0.05, 0.1) is 19.3 Å². The third kappa shape index (κ3) is 3.33. The van der Waals surface area contributed by atoms with E-state index in [1.807, 2.05) is 55.5 Å². The number of hydrogen-bond donors (Lipinski definition) is 0. The summed E-state index contributed by atoms with van der Waals surface area (Å²) < 4.78 is 16.1. The second kappa shape index (κ2) is 7.04. The average Bonchev–Trinajstić information content (AvgIpc) is 2.97. The summed E-state index contributed by atoms with van der Waals surface area (Å²) in [6.45, 7) is 2.55. The molecule has 1 aliphatic rings. The van der Waals surface area contributed by atoms with E-state index in [1.54, 1.807) is 19.3 Å². The number of carbonyl (C=O) groups is 1. The first-order valence-electron chi connectivity index (χ1n) is 7.73. The van der Waals surface area contributed by atoms with Gasteiger partial charge in [-0.2, -0.15) is 0 Å². The van der Waals surface area contributed by atoms with Gasteiger partial charge < -0.3 is 14.2 Å². The lowest BCUT2D eigenvalue weighted by molar-refractivity contribution is -0.130. The Balaban J connectivity index is 1.88. The second-order valence-corrected chi connectivity index (χ2v) is 5.20. The molecule has 0 unspecified atom stereocenters. The quantitative estimate of drug-likeness (QED) is 0.615. The standard InChI is InChI=1S/C20H18O4/c1-3-23-17-10-8-14(9-11-17)19-13-16(20(21)24-19)12-15-6-4-5-7-18(15)22-2/h4-13H,3H2,1-2H3/b16-12+. The maximum absolute atomic E-state index is 12.1. The van der Waals surface area contributed by atoms with Crippen LogP contribution in [0, 0.1) is 0 Å². The lowest BCUT2D eigenvalue weighted by atomic mass is 10.1. The minimum absolute atomic E-state index is 0.371. The van der Waals surface area contributed by atoms with Gasteiger partial charge in [0, 0.05) is 11.1 Å². The van der Waals surface area contributed by atoms with Crippen molar-refractivity contribution in [2.75, 3.05) is 13.7 Å². The molecule has 0 aliphatic carbocycles. The summed E-state index contributed by atoms with van der Waals surface area (Å²) in [5, 5.41) is 0. The highest BCUT2D eigenvalue weighted by molar-refractivity contribution is 6.05. The number of esters is 1. The van der Waals surface area contributed by atoms with E-state index in [0.717, 1.165) is 16.9 Å². The van der Waals surface area contributed by atoms with E-state index in [1.165, 1.54) is 0 Å². The number of methoxy groups -OCH3 is 1. The summed E-state index contributed by atoms with van der Waals surface area (Å²) in [6, 6.07) is 15.0. The van der Waals surface area contributed by atoms with Gasteiger partial charge in [-0.05, 0) is 49.4 Å². The summed E-state index contributed by atoms with van der Waals surface area (Å²) in [5.74, 6) is 1.66. The predicted octanol–water partition coefficient (Wildman–Crippen LogP) is 4.08. The first kappa shape index (κ1) is 15.9. The van der Waals surface area contributed by atoms with E-state index < -0.39 is 0 Å². The number of benzene rings is 2. The van der Waals surface area contributed by atoms with Crippen molar-refractivity contribution in [3.05, 3.63) is 71.3 Å². The summed E-state index contributed by atoms with van der Waals surface area (Å²) in [4.78, 5) is 12.1. The predicted molar refractivity (Wildman–Crippen MR) is 92.7 cm³/mol. The molecule has 0 fully saturated rings. The van der Waals surface area contributed by atoms with Crippen LogP contribution >= 0.6 is 0 Å². The Kier molecular flexibility index (Phi) is 4.66. The van der Waals surface area contributed by atoms with Crippen LogP contribution in [0.4, 0.5) is 0 Å². The largest absolute Gasteiger partial charge is 0.496 e. The van der Waals surface area contributed by atoms with Crippen LogP contribution in [0.2, 0.25) is 0 Å². The van der Waals surface area contributed by atoms with Crippen LogP contribution < -0.4 is 9.47 Å². The van der Waals surface area contributed by atoms with Gasteiger partial charge in [0.1, 0.15) is 17.3 Å². The number of hydrogen-bond acceptors (Lipinski definition) is 4. The van der Waals surface area contributed by atoms with Gasteiger partial charge in [0.2, 0.25) is 0 Å². The molecule has 0 spiro atoms. The Hall–Kier alpha value is -3.01. The number of carbonyl (C=O) groups excluding carboxylic acids is 1. The van der Waals surface area contributed by atoms with Crippen LogP contribution in [0.1, 0.15) is 18.1 Å². The molecule has 0 radical (unpaired) electrons. The molecule has 1 aliphatic heterocycles. The SMILES string of the molecule is CCOc1ccc(C2=C/C(=C\c3ccccc3OC)C(=O)O2)cc1. The molecule has 0 saturated carbocycles. The van der Waals surface area contributed by atoms with Crippen LogP contribution in [0.5, 0.6) is 11.5 Å². The summed E-state index contributed by atoms with van der Waals surface area (Å²) in [5.41, 5.74) is 2.15. The fourth-order valence-corrected chi connectivity index (χ4v) is 2.47. The molecular formula is C20H18O4. The van der Waals surface area contributed by atoms with E-state index in [2.05, 4.69) is 0 Å². The zero-order valence-corrected chi connectivity index (χ0v) is 13.6. The number of rotatable bonds is 5. The van der Waals surface area contributed by atoms with Crippen molar-refractivity contribution in [3.8, 4) is 11.5 Å². The van der Waals surface area contributed by atoms with Gasteiger partial charge in [-0.1, -0.05) is 18.2 Å². The lowest BCUT2D eigenvalue weighted by Gasteiger charge is -2.05. The molecule has 0 aromatic heterocycles. The van der Waals surface area contributed by atoms with Crippen molar-refractivity contribution in [3.63, 3.8) is 0 Å². The van der Waals surface area contributed by atoms with E-state index in [-0.39, 0.29) is 5.97 Å². The van der Waals surface area contributed by atoms with Gasteiger partial charge in [0.15, 0.2) is 0 Å². The fraction of sp³-hybridized carbons (Fsp3) is 0.150. The maximum atomic E-state index is 12.1. The maximum Gasteiger partial charge on any atom is 0.343 e.